The van der Waals surface area contributed by atoms with Crippen LogP contribution in [-0.2, 0) is 0 Å². The summed E-state index contributed by atoms with van der Waals surface area (Å²) >= 11 is 0. The summed E-state index contributed by atoms with van der Waals surface area (Å²) in [5, 5.41) is 21.1. The second kappa shape index (κ2) is 5.99. The SMILES string of the molecule is CC1CN(CC(C)(C)O)CCN1c1ccccc1[N+](=O)[O-]. The van der Waals surface area contributed by atoms with Crippen LogP contribution >= 0.6 is 0 Å². The quantitative estimate of drug-likeness (QED) is 0.678. The van der Waals surface area contributed by atoms with Gasteiger partial charge in [0.25, 0.3) is 5.69 Å². The third-order valence-electron chi connectivity index (χ3n) is 3.71. The topological polar surface area (TPSA) is 69.8 Å². The van der Waals surface area contributed by atoms with Gasteiger partial charge in [-0.2, -0.15) is 0 Å². The number of aliphatic hydroxyl groups is 1. The van der Waals surface area contributed by atoms with E-state index in [4.69, 9.17) is 0 Å². The average molecular weight is 293 g/mol. The highest BCUT2D eigenvalue weighted by Crippen LogP contribution is 2.30. The zero-order chi connectivity index (χ0) is 15.6. The molecule has 6 nitrogen and oxygen atoms in total. The van der Waals surface area contributed by atoms with E-state index >= 15 is 0 Å². The summed E-state index contributed by atoms with van der Waals surface area (Å²) in [5.41, 5.74) is 0.110. The molecule has 0 bridgehead atoms. The second-order valence-corrected chi connectivity index (χ2v) is 6.34. The van der Waals surface area contributed by atoms with Gasteiger partial charge in [-0.25, -0.2) is 0 Å². The van der Waals surface area contributed by atoms with Gasteiger partial charge in [0, 0.05) is 38.3 Å². The van der Waals surface area contributed by atoms with Crippen LogP contribution in [0.1, 0.15) is 20.8 Å². The minimum atomic E-state index is -0.722. The van der Waals surface area contributed by atoms with Gasteiger partial charge < -0.3 is 10.0 Å². The first-order valence-corrected chi connectivity index (χ1v) is 7.23. The van der Waals surface area contributed by atoms with Gasteiger partial charge in [0.15, 0.2) is 0 Å². The van der Waals surface area contributed by atoms with Crippen LogP contribution in [0.2, 0.25) is 0 Å². The van der Waals surface area contributed by atoms with Crippen molar-refractivity contribution in [1.29, 1.82) is 0 Å². The van der Waals surface area contributed by atoms with Gasteiger partial charge in [0.05, 0.1) is 10.5 Å². The molecule has 1 saturated heterocycles. The summed E-state index contributed by atoms with van der Waals surface area (Å²) in [6, 6.07) is 7.04. The van der Waals surface area contributed by atoms with E-state index in [1.807, 2.05) is 6.07 Å². The van der Waals surface area contributed by atoms with Crippen LogP contribution in [-0.4, -0.2) is 52.8 Å². The van der Waals surface area contributed by atoms with E-state index in [1.165, 1.54) is 0 Å². The number of nitro groups is 1. The molecule has 1 N–H and O–H groups in total. The van der Waals surface area contributed by atoms with E-state index in [0.29, 0.717) is 12.2 Å². The highest BCUT2D eigenvalue weighted by Gasteiger charge is 2.30. The molecule has 1 aliphatic heterocycles. The molecule has 116 valence electrons. The molecule has 1 aromatic rings. The van der Waals surface area contributed by atoms with Gasteiger partial charge in [-0.05, 0) is 26.8 Å². The lowest BCUT2D eigenvalue weighted by atomic mass is 10.1. The van der Waals surface area contributed by atoms with Crippen molar-refractivity contribution in [3.63, 3.8) is 0 Å². The van der Waals surface area contributed by atoms with Crippen molar-refractivity contribution in [3.05, 3.63) is 34.4 Å². The summed E-state index contributed by atoms with van der Waals surface area (Å²) in [6.07, 6.45) is 0. The Labute approximate surface area is 125 Å². The molecular weight excluding hydrogens is 270 g/mol. The molecule has 2 rings (SSSR count). The van der Waals surface area contributed by atoms with E-state index in [1.54, 1.807) is 32.0 Å². The lowest BCUT2D eigenvalue weighted by Crippen LogP contribution is -2.54. The summed E-state index contributed by atoms with van der Waals surface area (Å²) in [6.45, 7) is 8.58. The van der Waals surface area contributed by atoms with Crippen LogP contribution < -0.4 is 4.90 Å². The maximum atomic E-state index is 11.2. The summed E-state index contributed by atoms with van der Waals surface area (Å²) in [5.74, 6) is 0. The maximum Gasteiger partial charge on any atom is 0.292 e. The fourth-order valence-corrected chi connectivity index (χ4v) is 2.94. The monoisotopic (exact) mass is 293 g/mol. The largest absolute Gasteiger partial charge is 0.389 e. The number of hydrogen-bond acceptors (Lipinski definition) is 5. The van der Waals surface area contributed by atoms with Gasteiger partial charge in [0.1, 0.15) is 5.69 Å². The molecule has 1 aromatic carbocycles. The predicted molar refractivity (Wildman–Crippen MR) is 82.6 cm³/mol. The number of β-amino-alcohol motifs (C(OH)–C–C–N with tert-alkyl or cyclic N) is 1. The number of piperazine rings is 1. The molecule has 0 aromatic heterocycles. The van der Waals surface area contributed by atoms with E-state index in [0.717, 1.165) is 19.6 Å². The van der Waals surface area contributed by atoms with Crippen LogP contribution in [0.3, 0.4) is 0 Å². The molecule has 0 amide bonds. The normalized spacial score (nSPS) is 20.6. The van der Waals surface area contributed by atoms with Gasteiger partial charge in [-0.3, -0.25) is 15.0 Å². The molecule has 1 atom stereocenters. The maximum absolute atomic E-state index is 11.2. The highest BCUT2D eigenvalue weighted by molar-refractivity contribution is 5.63. The molecule has 1 unspecified atom stereocenters. The third-order valence-corrected chi connectivity index (χ3v) is 3.71. The minimum absolute atomic E-state index is 0.153. The molecular formula is C15H23N3O3. The van der Waals surface area contributed by atoms with Gasteiger partial charge in [-0.15, -0.1) is 0 Å². The third kappa shape index (κ3) is 3.92. The van der Waals surface area contributed by atoms with Gasteiger partial charge >= 0.3 is 0 Å². The summed E-state index contributed by atoms with van der Waals surface area (Å²) in [7, 11) is 0. The molecule has 1 fully saturated rings. The lowest BCUT2D eigenvalue weighted by Gasteiger charge is -2.42. The Morgan fingerprint density at radius 1 is 1.38 bits per heavy atom. The van der Waals surface area contributed by atoms with Crippen LogP contribution in [0.5, 0.6) is 0 Å². The minimum Gasteiger partial charge on any atom is -0.389 e. The standard InChI is InChI=1S/C15H23N3O3/c1-12-10-16(11-15(2,3)19)8-9-17(12)13-6-4-5-7-14(13)18(20)21/h4-7,12,19H,8-11H2,1-3H3. The Kier molecular flexibility index (Phi) is 4.49. The number of para-hydroxylation sites is 2. The zero-order valence-corrected chi connectivity index (χ0v) is 12.8. The number of anilines is 1. The Balaban J connectivity index is 2.13. The Morgan fingerprint density at radius 3 is 2.62 bits per heavy atom. The van der Waals surface area contributed by atoms with Crippen molar-refractivity contribution in [2.24, 2.45) is 0 Å². The van der Waals surface area contributed by atoms with E-state index < -0.39 is 5.60 Å². The van der Waals surface area contributed by atoms with E-state index in [-0.39, 0.29) is 16.7 Å². The fraction of sp³-hybridized carbons (Fsp3) is 0.600. The van der Waals surface area contributed by atoms with Gasteiger partial charge in [0.2, 0.25) is 0 Å². The van der Waals surface area contributed by atoms with E-state index in [9.17, 15) is 15.2 Å². The lowest BCUT2D eigenvalue weighted by molar-refractivity contribution is -0.384. The number of nitrogens with zero attached hydrogens (tertiary/aromatic N) is 3. The van der Waals surface area contributed by atoms with Crippen molar-refractivity contribution in [2.45, 2.75) is 32.4 Å². The molecule has 6 heteroatoms. The predicted octanol–water partition coefficient (Wildman–Crippen LogP) is 1.88. The molecule has 1 aliphatic rings. The zero-order valence-electron chi connectivity index (χ0n) is 12.8. The molecule has 21 heavy (non-hydrogen) atoms. The Bertz CT molecular complexity index is 513. The second-order valence-electron chi connectivity index (χ2n) is 6.34. The van der Waals surface area contributed by atoms with Crippen LogP contribution in [0.4, 0.5) is 11.4 Å². The van der Waals surface area contributed by atoms with Crippen molar-refractivity contribution >= 4 is 11.4 Å². The fourth-order valence-electron chi connectivity index (χ4n) is 2.94. The molecule has 1 heterocycles. The number of benzene rings is 1. The number of nitro benzene ring substituents is 1. The van der Waals surface area contributed by atoms with Crippen LogP contribution in [0, 0.1) is 10.1 Å². The first-order chi connectivity index (χ1) is 9.78. The Hall–Kier alpha value is -1.66. The Morgan fingerprint density at radius 2 is 2.05 bits per heavy atom. The first kappa shape index (κ1) is 15.7. The number of rotatable bonds is 4. The first-order valence-electron chi connectivity index (χ1n) is 7.23. The molecule has 0 radical (unpaired) electrons. The average Bonchev–Trinajstić information content (AvgIpc) is 2.37. The summed E-state index contributed by atoms with van der Waals surface area (Å²) in [4.78, 5) is 15.1. The van der Waals surface area contributed by atoms with E-state index in [2.05, 4.69) is 16.7 Å². The van der Waals surface area contributed by atoms with Crippen molar-refractivity contribution in [1.82, 2.24) is 4.90 Å². The summed E-state index contributed by atoms with van der Waals surface area (Å²) < 4.78 is 0. The van der Waals surface area contributed by atoms with Crippen LogP contribution in [0.25, 0.3) is 0 Å². The van der Waals surface area contributed by atoms with Crippen LogP contribution in [0.15, 0.2) is 24.3 Å². The molecule has 0 spiro atoms. The highest BCUT2D eigenvalue weighted by atomic mass is 16.6. The molecule has 0 saturated carbocycles. The van der Waals surface area contributed by atoms with Gasteiger partial charge in [-0.1, -0.05) is 12.1 Å². The number of hydrogen-bond donors (Lipinski definition) is 1. The molecule has 0 aliphatic carbocycles. The smallest absolute Gasteiger partial charge is 0.292 e. The van der Waals surface area contributed by atoms with Crippen molar-refractivity contribution in [2.75, 3.05) is 31.1 Å². The van der Waals surface area contributed by atoms with Crippen molar-refractivity contribution in [3.8, 4) is 0 Å². The van der Waals surface area contributed by atoms with Crippen molar-refractivity contribution < 1.29 is 10.0 Å².